The summed E-state index contributed by atoms with van der Waals surface area (Å²) in [7, 11) is 5.36. The summed E-state index contributed by atoms with van der Waals surface area (Å²) in [5.74, 6) is 0.640. The van der Waals surface area contributed by atoms with Crippen LogP contribution >= 0.6 is 21.6 Å². The van der Waals surface area contributed by atoms with Crippen molar-refractivity contribution in [1.29, 1.82) is 0 Å². The molecule has 286 valence electrons. The second-order valence-electron chi connectivity index (χ2n) is 15.4. The van der Waals surface area contributed by atoms with Crippen molar-refractivity contribution in [2.45, 2.75) is 74.5 Å². The average molecular weight is 775 g/mol. The lowest BCUT2D eigenvalue weighted by Gasteiger charge is -2.58. The van der Waals surface area contributed by atoms with Crippen LogP contribution in [-0.2, 0) is 25.5 Å². The Morgan fingerprint density at radius 3 is 2.87 bits per heavy atom. The number of esters is 1. The maximum absolute atomic E-state index is 14.4. The quantitative estimate of drug-likeness (QED) is 0.0840. The fraction of sp³-hybridized carbons (Fsp3) is 0.500. The predicted octanol–water partition coefficient (Wildman–Crippen LogP) is 3.53. The first kappa shape index (κ1) is 37.0. The molecule has 1 amide bonds. The third-order valence-electron chi connectivity index (χ3n) is 12.5. The Hall–Kier alpha value is -3.98. The van der Waals surface area contributed by atoms with Crippen molar-refractivity contribution in [3.8, 4) is 5.75 Å². The molecule has 1 saturated carbocycles. The average Bonchev–Trinajstić information content (AvgIpc) is 3.50. The molecule has 5 N–H and O–H groups in total. The van der Waals surface area contributed by atoms with Gasteiger partial charge in [0.25, 0.3) is 0 Å². The van der Waals surface area contributed by atoms with Crippen LogP contribution in [0.4, 0.5) is 0 Å². The van der Waals surface area contributed by atoms with Crippen molar-refractivity contribution in [3.05, 3.63) is 86.6 Å². The number of aliphatic hydroxyl groups is 1. The maximum Gasteiger partial charge on any atom is 0.336 e. The van der Waals surface area contributed by atoms with E-state index in [1.54, 1.807) is 46.7 Å². The molecule has 1 saturated heterocycles. The van der Waals surface area contributed by atoms with E-state index < -0.39 is 28.7 Å². The first-order valence-electron chi connectivity index (χ1n) is 18.6. The molecule has 1 aromatic heterocycles. The van der Waals surface area contributed by atoms with E-state index in [1.165, 1.54) is 6.07 Å². The van der Waals surface area contributed by atoms with Gasteiger partial charge in [-0.3, -0.25) is 4.79 Å². The number of fused-ring (bicyclic) bond motifs is 5. The fourth-order valence-electron chi connectivity index (χ4n) is 9.76. The molecule has 8 rings (SSSR count). The van der Waals surface area contributed by atoms with Crippen molar-refractivity contribution >= 4 is 50.7 Å². The Balaban J connectivity index is 1.28. The predicted molar refractivity (Wildman–Crippen MR) is 207 cm³/mol. The zero-order valence-corrected chi connectivity index (χ0v) is 32.2. The minimum atomic E-state index is -1.24. The first-order chi connectivity index (χ1) is 26.0. The number of benzene rings is 1. The molecule has 2 aromatic rings. The minimum Gasteiger partial charge on any atom is -0.481 e. The molecule has 8 unspecified atom stereocenters. The Morgan fingerprint density at radius 1 is 1.28 bits per heavy atom. The molecule has 1 spiro atoms. The fourth-order valence-corrected chi connectivity index (χ4v) is 12.9. The smallest absolute Gasteiger partial charge is 0.336 e. The number of ether oxygens (including phenoxy) is 2. The van der Waals surface area contributed by atoms with Gasteiger partial charge in [-0.05, 0) is 62.2 Å². The summed E-state index contributed by atoms with van der Waals surface area (Å²) >= 11 is 0. The van der Waals surface area contributed by atoms with Crippen molar-refractivity contribution in [1.82, 2.24) is 15.5 Å². The van der Waals surface area contributed by atoms with Gasteiger partial charge in [0, 0.05) is 90.9 Å². The first-order valence-corrected chi connectivity index (χ1v) is 21.0. The Bertz CT molecular complexity index is 2090. The summed E-state index contributed by atoms with van der Waals surface area (Å²) in [6, 6.07) is 6.86. The summed E-state index contributed by atoms with van der Waals surface area (Å²) in [6.07, 6.45) is 8.46. The number of rotatable bonds is 6. The number of carbonyl (C=O) groups excluding carboxylic acids is 3. The molecule has 0 bridgehead atoms. The summed E-state index contributed by atoms with van der Waals surface area (Å²) in [5, 5.41) is 17.2. The lowest BCUT2D eigenvalue weighted by Crippen LogP contribution is -2.71. The highest BCUT2D eigenvalue weighted by Crippen LogP contribution is 2.58. The third kappa shape index (κ3) is 6.00. The number of nitrogens with zero attached hydrogens (tertiary/aromatic N) is 1. The van der Waals surface area contributed by atoms with Crippen molar-refractivity contribution < 1.29 is 33.4 Å². The van der Waals surface area contributed by atoms with E-state index >= 15 is 0 Å². The van der Waals surface area contributed by atoms with Crippen LogP contribution in [-0.4, -0.2) is 89.2 Å². The standard InChI is InChI=1S/C40H46N4O8S2/c1-4-21(8-10-45)38(49)52-39(2)9-7-23-20-53-54-31-12-26(19-46)36(42-3)28-18-44(37(28)31)33(47)13-25-17-43-32(41)14-27(25)35(23)40(39)16-24-11-22-5-6-34(48)50-29(22)15-30(24)51-40/h4-7,11,14-15,19,26,28,31,35-37,42-43,45H,8-10,12-13,16-18,20,41H2,1-3H3. The molecule has 1 aromatic carbocycles. The molecule has 14 heteroatoms. The van der Waals surface area contributed by atoms with Gasteiger partial charge in [-0.15, -0.1) is 0 Å². The maximum atomic E-state index is 14.4. The van der Waals surface area contributed by atoms with Gasteiger partial charge in [0.15, 0.2) is 11.2 Å². The Morgan fingerprint density at radius 2 is 2.11 bits per heavy atom. The van der Waals surface area contributed by atoms with Crippen LogP contribution in [0.1, 0.15) is 45.1 Å². The van der Waals surface area contributed by atoms with Crippen LogP contribution in [0.15, 0.2) is 79.8 Å². The lowest BCUT2D eigenvalue weighted by molar-refractivity contribution is -0.186. The molecule has 6 aliphatic rings. The number of dihydropyridines is 1. The highest BCUT2D eigenvalue weighted by Gasteiger charge is 2.64. The van der Waals surface area contributed by atoms with Gasteiger partial charge in [0.05, 0.1) is 24.2 Å². The number of hydrogen-bond donors (Lipinski definition) is 4. The van der Waals surface area contributed by atoms with Gasteiger partial charge in [0.2, 0.25) is 5.91 Å². The molecule has 54 heavy (non-hydrogen) atoms. The third-order valence-corrected chi connectivity index (χ3v) is 15.3. The number of aliphatic hydroxyl groups excluding tert-OH is 1. The van der Waals surface area contributed by atoms with Gasteiger partial charge in [-0.2, -0.15) is 0 Å². The van der Waals surface area contributed by atoms with Gasteiger partial charge >= 0.3 is 11.6 Å². The summed E-state index contributed by atoms with van der Waals surface area (Å²) in [4.78, 5) is 54.8. The van der Waals surface area contributed by atoms with E-state index in [-0.39, 0.29) is 54.5 Å². The molecular weight excluding hydrogens is 729 g/mol. The second kappa shape index (κ2) is 14.3. The van der Waals surface area contributed by atoms with Crippen molar-refractivity contribution in [2.75, 3.05) is 32.5 Å². The summed E-state index contributed by atoms with van der Waals surface area (Å²) < 4.78 is 19.4. The van der Waals surface area contributed by atoms with E-state index in [0.717, 1.165) is 34.0 Å². The Labute approximate surface area is 321 Å². The van der Waals surface area contributed by atoms with Crippen LogP contribution < -0.4 is 26.7 Å². The van der Waals surface area contributed by atoms with E-state index in [2.05, 4.69) is 16.7 Å². The number of aldehydes is 1. The second-order valence-corrected chi connectivity index (χ2v) is 18.0. The highest BCUT2D eigenvalue weighted by molar-refractivity contribution is 8.77. The Kier molecular flexibility index (Phi) is 9.77. The zero-order chi connectivity index (χ0) is 37.9. The van der Waals surface area contributed by atoms with E-state index in [1.807, 2.05) is 31.0 Å². The number of allylic oxidation sites excluding steroid dienone is 2. The van der Waals surface area contributed by atoms with Crippen LogP contribution in [0, 0.1) is 17.8 Å². The highest BCUT2D eigenvalue weighted by atomic mass is 33.1. The summed E-state index contributed by atoms with van der Waals surface area (Å²) in [6.45, 7) is 4.39. The number of amides is 1. The van der Waals surface area contributed by atoms with Crippen LogP contribution in [0.2, 0.25) is 0 Å². The topological polar surface area (TPSA) is 173 Å². The molecular formula is C40H46N4O8S2. The molecule has 12 nitrogen and oxygen atoms in total. The van der Waals surface area contributed by atoms with Gasteiger partial charge < -0.3 is 45.1 Å². The van der Waals surface area contributed by atoms with Gasteiger partial charge in [-0.25, -0.2) is 9.59 Å². The number of carbonyl (C=O) groups is 3. The van der Waals surface area contributed by atoms with Crippen LogP contribution in [0.3, 0.4) is 0 Å². The van der Waals surface area contributed by atoms with Crippen molar-refractivity contribution in [3.63, 3.8) is 0 Å². The molecule has 2 aliphatic carbocycles. The van der Waals surface area contributed by atoms with Crippen molar-refractivity contribution in [2.24, 2.45) is 23.5 Å². The monoisotopic (exact) mass is 774 g/mol. The van der Waals surface area contributed by atoms with E-state index in [9.17, 15) is 24.3 Å². The lowest BCUT2D eigenvalue weighted by atomic mass is 9.61. The van der Waals surface area contributed by atoms with Gasteiger partial charge in [-0.1, -0.05) is 39.3 Å². The summed E-state index contributed by atoms with van der Waals surface area (Å²) in [5.41, 5.74) is 8.04. The molecule has 8 atom stereocenters. The van der Waals surface area contributed by atoms with Crippen LogP contribution in [0.25, 0.3) is 11.0 Å². The molecule has 2 fully saturated rings. The SMILES string of the molecule is CC=C(CCO)C(=O)OC1(C)CC=C2CSSC3CC(C=O)C(NC)C4CN(C(=O)CC5=C(C=C(N)NC5)C2C12Cc1cc5ccc(=O)oc5cc1O2)C34. The van der Waals surface area contributed by atoms with E-state index in [4.69, 9.17) is 19.6 Å². The number of hydrogen-bond acceptors (Lipinski definition) is 13. The zero-order valence-electron chi connectivity index (χ0n) is 30.6. The van der Waals surface area contributed by atoms with Crippen LogP contribution in [0.5, 0.6) is 5.75 Å². The van der Waals surface area contributed by atoms with E-state index in [0.29, 0.717) is 60.8 Å². The molecule has 0 radical (unpaired) electrons. The minimum absolute atomic E-state index is 0.0241. The normalized spacial score (nSPS) is 33.4. The number of nitrogens with one attached hydrogen (secondary N) is 2. The van der Waals surface area contributed by atoms with Gasteiger partial charge in [0.1, 0.15) is 17.6 Å². The number of nitrogens with two attached hydrogens (primary N) is 1. The largest absolute Gasteiger partial charge is 0.481 e. The molecule has 5 heterocycles. The molecule has 4 aliphatic heterocycles.